The van der Waals surface area contributed by atoms with E-state index in [1.54, 1.807) is 0 Å². The molecule has 1 spiro atoms. The molecule has 8 heteroatoms. The molecule has 2 heterocycles. The molecule has 2 fully saturated rings. The molecule has 2 aliphatic rings. The molecule has 2 saturated heterocycles. The maximum absolute atomic E-state index is 11.9. The zero-order valence-electron chi connectivity index (χ0n) is 10.6. The van der Waals surface area contributed by atoms with Gasteiger partial charge in [-0.05, 0) is 0 Å². The summed E-state index contributed by atoms with van der Waals surface area (Å²) in [6.45, 7) is 2.68. The highest BCUT2D eigenvalue weighted by molar-refractivity contribution is 7.87. The van der Waals surface area contributed by atoms with Gasteiger partial charge in [0.1, 0.15) is 0 Å². The summed E-state index contributed by atoms with van der Waals surface area (Å²) in [6, 6.07) is 0. The van der Waals surface area contributed by atoms with Crippen LogP contribution in [0.15, 0.2) is 0 Å². The van der Waals surface area contributed by atoms with Crippen molar-refractivity contribution in [2.75, 3.05) is 46.6 Å². The van der Waals surface area contributed by atoms with Crippen molar-refractivity contribution >= 4 is 10.2 Å². The van der Waals surface area contributed by atoms with Gasteiger partial charge in [-0.15, -0.1) is 0 Å². The van der Waals surface area contributed by atoms with Crippen LogP contribution in [0, 0.1) is 0 Å². The highest BCUT2D eigenvalue weighted by Gasteiger charge is 2.42. The first-order valence-corrected chi connectivity index (χ1v) is 7.54. The Morgan fingerprint density at radius 2 is 1.89 bits per heavy atom. The quantitative estimate of drug-likeness (QED) is 0.674. The molecule has 0 aliphatic carbocycles. The third-order valence-corrected chi connectivity index (χ3v) is 4.84. The van der Waals surface area contributed by atoms with Crippen molar-refractivity contribution in [3.63, 3.8) is 0 Å². The molecule has 2 aliphatic heterocycles. The molecule has 2 rings (SSSR count). The van der Waals surface area contributed by atoms with Gasteiger partial charge in [0.05, 0.1) is 19.8 Å². The number of nitrogens with one attached hydrogen (secondary N) is 1. The van der Waals surface area contributed by atoms with Crippen LogP contribution < -0.4 is 4.72 Å². The van der Waals surface area contributed by atoms with Gasteiger partial charge in [-0.1, -0.05) is 0 Å². The summed E-state index contributed by atoms with van der Waals surface area (Å²) in [6.07, 6.45) is 1.16. The number of rotatable bonds is 5. The van der Waals surface area contributed by atoms with E-state index in [2.05, 4.69) is 4.72 Å². The van der Waals surface area contributed by atoms with E-state index in [-0.39, 0.29) is 6.54 Å². The second kappa shape index (κ2) is 5.81. The van der Waals surface area contributed by atoms with Gasteiger partial charge >= 0.3 is 0 Å². The average Bonchev–Trinajstić information content (AvgIpc) is 2.78. The Morgan fingerprint density at radius 1 is 1.28 bits per heavy atom. The maximum Gasteiger partial charge on any atom is 0.279 e. The lowest BCUT2D eigenvalue weighted by atomic mass is 10.1. The van der Waals surface area contributed by atoms with Gasteiger partial charge in [-0.2, -0.15) is 17.4 Å². The first-order chi connectivity index (χ1) is 8.58. The zero-order chi connectivity index (χ0) is 13.1. The van der Waals surface area contributed by atoms with Crippen molar-refractivity contribution in [3.8, 4) is 0 Å². The number of ether oxygens (including phenoxy) is 3. The standard InChI is InChI=1S/C10H20N2O5S/c1-15-7-4-11-18(13,14)12-5-2-10(3-6-12)16-8-9-17-10/h11H,2-9H2,1H3. The van der Waals surface area contributed by atoms with E-state index in [4.69, 9.17) is 14.2 Å². The van der Waals surface area contributed by atoms with Crippen LogP contribution in [0.2, 0.25) is 0 Å². The van der Waals surface area contributed by atoms with Crippen LogP contribution in [0.3, 0.4) is 0 Å². The molecular weight excluding hydrogens is 260 g/mol. The van der Waals surface area contributed by atoms with E-state index in [1.807, 2.05) is 0 Å². The number of nitrogens with zero attached hydrogens (tertiary/aromatic N) is 1. The minimum absolute atomic E-state index is 0.285. The lowest BCUT2D eigenvalue weighted by Crippen LogP contribution is -2.50. The summed E-state index contributed by atoms with van der Waals surface area (Å²) in [4.78, 5) is 0. The molecule has 0 saturated carbocycles. The van der Waals surface area contributed by atoms with Crippen LogP contribution in [-0.2, 0) is 24.4 Å². The molecule has 1 N–H and O–H groups in total. The van der Waals surface area contributed by atoms with Crippen LogP contribution >= 0.6 is 0 Å². The van der Waals surface area contributed by atoms with Crippen molar-refractivity contribution < 1.29 is 22.6 Å². The van der Waals surface area contributed by atoms with Crippen LogP contribution in [0.5, 0.6) is 0 Å². The second-order valence-electron chi connectivity index (χ2n) is 4.40. The lowest BCUT2D eigenvalue weighted by Gasteiger charge is -2.36. The van der Waals surface area contributed by atoms with Gasteiger partial charge in [0, 0.05) is 39.6 Å². The Hall–Kier alpha value is -0.250. The molecule has 7 nitrogen and oxygen atoms in total. The van der Waals surface area contributed by atoms with Crippen LogP contribution in [-0.4, -0.2) is 65.1 Å². The summed E-state index contributed by atoms with van der Waals surface area (Å²) in [5, 5.41) is 0. The molecule has 0 atom stereocenters. The normalized spacial score (nSPS) is 24.7. The van der Waals surface area contributed by atoms with Gasteiger partial charge in [-0.3, -0.25) is 0 Å². The summed E-state index contributed by atoms with van der Waals surface area (Å²) < 4.78 is 43.7. The number of piperidine rings is 1. The van der Waals surface area contributed by atoms with E-state index in [0.29, 0.717) is 45.8 Å². The number of hydrogen-bond donors (Lipinski definition) is 1. The number of hydrogen-bond acceptors (Lipinski definition) is 5. The predicted octanol–water partition coefficient (Wildman–Crippen LogP) is -0.694. The fraction of sp³-hybridized carbons (Fsp3) is 1.00. The van der Waals surface area contributed by atoms with E-state index >= 15 is 0 Å². The van der Waals surface area contributed by atoms with Crippen LogP contribution in [0.1, 0.15) is 12.8 Å². The minimum atomic E-state index is -3.41. The molecular formula is C10H20N2O5S. The van der Waals surface area contributed by atoms with Crippen molar-refractivity contribution in [3.05, 3.63) is 0 Å². The highest BCUT2D eigenvalue weighted by atomic mass is 32.2. The van der Waals surface area contributed by atoms with E-state index in [0.717, 1.165) is 0 Å². The van der Waals surface area contributed by atoms with Gasteiger partial charge < -0.3 is 14.2 Å². The molecule has 0 amide bonds. The summed E-state index contributed by atoms with van der Waals surface area (Å²) in [5.41, 5.74) is 0. The fourth-order valence-corrected chi connectivity index (χ4v) is 3.40. The first kappa shape index (κ1) is 14.2. The minimum Gasteiger partial charge on any atom is -0.383 e. The maximum atomic E-state index is 11.9. The van der Waals surface area contributed by atoms with E-state index in [1.165, 1.54) is 11.4 Å². The predicted molar refractivity (Wildman–Crippen MR) is 64.2 cm³/mol. The molecule has 0 radical (unpaired) electrons. The zero-order valence-corrected chi connectivity index (χ0v) is 11.4. The van der Waals surface area contributed by atoms with Crippen LogP contribution in [0.25, 0.3) is 0 Å². The molecule has 0 aromatic carbocycles. The second-order valence-corrected chi connectivity index (χ2v) is 6.15. The van der Waals surface area contributed by atoms with Crippen molar-refractivity contribution in [1.29, 1.82) is 0 Å². The third-order valence-electron chi connectivity index (χ3n) is 3.23. The largest absolute Gasteiger partial charge is 0.383 e. The summed E-state index contributed by atoms with van der Waals surface area (Å²) in [5.74, 6) is -0.543. The van der Waals surface area contributed by atoms with Crippen molar-refractivity contribution in [2.45, 2.75) is 18.6 Å². The summed E-state index contributed by atoms with van der Waals surface area (Å²) >= 11 is 0. The SMILES string of the molecule is COCCNS(=O)(=O)N1CCC2(CC1)OCCO2. The Bertz CT molecular complexity index is 356. The summed E-state index contributed by atoms with van der Waals surface area (Å²) in [7, 11) is -1.87. The molecule has 106 valence electrons. The molecule has 18 heavy (non-hydrogen) atoms. The Balaban J connectivity index is 1.84. The van der Waals surface area contributed by atoms with Gasteiger partial charge in [0.25, 0.3) is 10.2 Å². The Kier molecular flexibility index (Phi) is 4.57. The third kappa shape index (κ3) is 3.19. The monoisotopic (exact) mass is 280 g/mol. The van der Waals surface area contributed by atoms with Crippen molar-refractivity contribution in [2.24, 2.45) is 0 Å². The lowest BCUT2D eigenvalue weighted by molar-refractivity contribution is -0.179. The molecule has 0 bridgehead atoms. The van der Waals surface area contributed by atoms with Crippen molar-refractivity contribution in [1.82, 2.24) is 9.03 Å². The first-order valence-electron chi connectivity index (χ1n) is 6.10. The van der Waals surface area contributed by atoms with Gasteiger partial charge in [0.15, 0.2) is 5.79 Å². The fourth-order valence-electron chi connectivity index (χ4n) is 2.22. The van der Waals surface area contributed by atoms with E-state index < -0.39 is 16.0 Å². The molecule has 0 unspecified atom stereocenters. The molecule has 0 aromatic rings. The van der Waals surface area contributed by atoms with E-state index in [9.17, 15) is 8.42 Å². The highest BCUT2D eigenvalue weighted by Crippen LogP contribution is 2.31. The Morgan fingerprint density at radius 3 is 2.44 bits per heavy atom. The molecule has 0 aromatic heterocycles. The number of methoxy groups -OCH3 is 1. The average molecular weight is 280 g/mol. The Labute approximate surface area is 108 Å². The smallest absolute Gasteiger partial charge is 0.279 e. The van der Waals surface area contributed by atoms with Gasteiger partial charge in [0.2, 0.25) is 0 Å². The topological polar surface area (TPSA) is 77.1 Å². The van der Waals surface area contributed by atoms with Crippen LogP contribution in [0.4, 0.5) is 0 Å². The van der Waals surface area contributed by atoms with Gasteiger partial charge in [-0.25, -0.2) is 0 Å².